The van der Waals surface area contributed by atoms with Gasteiger partial charge >= 0.3 is 0 Å². The van der Waals surface area contributed by atoms with Crippen LogP contribution in [-0.4, -0.2) is 28.1 Å². The van der Waals surface area contributed by atoms with E-state index in [2.05, 4.69) is 12.0 Å². The van der Waals surface area contributed by atoms with Crippen LogP contribution in [0.2, 0.25) is 5.02 Å². The zero-order valence-corrected chi connectivity index (χ0v) is 11.4. The van der Waals surface area contributed by atoms with E-state index in [1.807, 2.05) is 13.8 Å². The van der Waals surface area contributed by atoms with Crippen molar-refractivity contribution in [3.05, 3.63) is 16.9 Å². The Morgan fingerprint density at radius 2 is 2.18 bits per heavy atom. The summed E-state index contributed by atoms with van der Waals surface area (Å²) >= 11 is 6.04. The summed E-state index contributed by atoms with van der Waals surface area (Å²) in [5.41, 5.74) is 0.682. The molecule has 0 saturated heterocycles. The van der Waals surface area contributed by atoms with Gasteiger partial charge in [0.15, 0.2) is 0 Å². The Morgan fingerprint density at radius 3 is 2.76 bits per heavy atom. The maximum atomic E-state index is 10.1. The van der Waals surface area contributed by atoms with Crippen LogP contribution in [0.1, 0.15) is 51.5 Å². The third kappa shape index (κ3) is 3.98. The Bertz CT molecular complexity index is 339. The van der Waals surface area contributed by atoms with E-state index in [0.29, 0.717) is 23.7 Å². The summed E-state index contributed by atoms with van der Waals surface area (Å²) in [6.07, 6.45) is 2.48. The largest absolute Gasteiger partial charge is 0.387 e. The van der Waals surface area contributed by atoms with Crippen LogP contribution in [0.5, 0.6) is 0 Å². The van der Waals surface area contributed by atoms with Crippen molar-refractivity contribution in [2.75, 3.05) is 13.2 Å². The highest BCUT2D eigenvalue weighted by molar-refractivity contribution is 6.31. The van der Waals surface area contributed by atoms with Crippen molar-refractivity contribution in [3.8, 4) is 0 Å². The lowest BCUT2D eigenvalue weighted by Crippen LogP contribution is -2.13. The minimum absolute atomic E-state index is 0.184. The predicted molar refractivity (Wildman–Crippen MR) is 68.3 cm³/mol. The number of halogens is 1. The summed E-state index contributed by atoms with van der Waals surface area (Å²) < 4.78 is 7.12. The van der Waals surface area contributed by atoms with Crippen molar-refractivity contribution >= 4 is 11.6 Å². The summed E-state index contributed by atoms with van der Waals surface area (Å²) in [5, 5.41) is 14.8. The van der Waals surface area contributed by atoms with Crippen molar-refractivity contribution in [2.45, 2.75) is 45.8 Å². The van der Waals surface area contributed by atoms with E-state index in [0.717, 1.165) is 13.0 Å². The van der Waals surface area contributed by atoms with Crippen molar-refractivity contribution < 1.29 is 9.84 Å². The fourth-order valence-corrected chi connectivity index (χ4v) is 1.91. The summed E-state index contributed by atoms with van der Waals surface area (Å²) in [7, 11) is 0. The maximum Gasteiger partial charge on any atom is 0.0993 e. The molecule has 5 heteroatoms. The lowest BCUT2D eigenvalue weighted by molar-refractivity contribution is 0.0776. The summed E-state index contributed by atoms with van der Waals surface area (Å²) in [6, 6.07) is 0.184. The highest BCUT2D eigenvalue weighted by Crippen LogP contribution is 2.27. The normalized spacial score (nSPS) is 13.3. The molecule has 1 aromatic rings. The average Bonchev–Trinajstić information content (AvgIpc) is 2.66. The minimum atomic E-state index is -0.621. The van der Waals surface area contributed by atoms with Gasteiger partial charge in [0.05, 0.1) is 23.0 Å². The van der Waals surface area contributed by atoms with Crippen LogP contribution < -0.4 is 0 Å². The van der Waals surface area contributed by atoms with Gasteiger partial charge in [0.1, 0.15) is 0 Å². The highest BCUT2D eigenvalue weighted by Gasteiger charge is 2.19. The van der Waals surface area contributed by atoms with E-state index in [-0.39, 0.29) is 6.04 Å². The van der Waals surface area contributed by atoms with Crippen LogP contribution in [0.25, 0.3) is 0 Å². The minimum Gasteiger partial charge on any atom is -0.387 e. The first-order valence-electron chi connectivity index (χ1n) is 6.06. The Hall–Kier alpha value is -0.580. The lowest BCUT2D eigenvalue weighted by Gasteiger charge is -2.16. The second-order valence-corrected chi connectivity index (χ2v) is 4.74. The topological polar surface area (TPSA) is 47.3 Å². The molecule has 17 heavy (non-hydrogen) atoms. The van der Waals surface area contributed by atoms with Crippen LogP contribution >= 0.6 is 11.6 Å². The third-order valence-electron chi connectivity index (χ3n) is 2.48. The molecule has 0 spiro atoms. The van der Waals surface area contributed by atoms with Gasteiger partial charge in [-0.25, -0.2) is 0 Å². The van der Waals surface area contributed by atoms with Crippen LogP contribution in [0.15, 0.2) is 6.20 Å². The van der Waals surface area contributed by atoms with Gasteiger partial charge in [0.25, 0.3) is 0 Å². The molecule has 4 nitrogen and oxygen atoms in total. The van der Waals surface area contributed by atoms with Gasteiger partial charge in [-0.2, -0.15) is 5.10 Å². The molecule has 1 unspecified atom stereocenters. The number of hydrogen-bond acceptors (Lipinski definition) is 3. The molecular weight excluding hydrogens is 240 g/mol. The first-order chi connectivity index (χ1) is 8.07. The number of hydrogen-bond donors (Lipinski definition) is 1. The number of aliphatic hydroxyl groups is 1. The zero-order valence-electron chi connectivity index (χ0n) is 10.7. The molecule has 1 rings (SSSR count). The molecule has 0 fully saturated rings. The first-order valence-corrected chi connectivity index (χ1v) is 6.44. The number of aromatic nitrogens is 2. The van der Waals surface area contributed by atoms with Crippen LogP contribution in [0.4, 0.5) is 0 Å². The van der Waals surface area contributed by atoms with Crippen LogP contribution in [0, 0.1) is 0 Å². The molecule has 0 aliphatic rings. The molecule has 0 aliphatic heterocycles. The summed E-state index contributed by atoms with van der Waals surface area (Å²) in [5.74, 6) is 0. The molecule has 1 aromatic heterocycles. The van der Waals surface area contributed by atoms with Gasteiger partial charge in [0.2, 0.25) is 0 Å². The Kier molecular flexibility index (Phi) is 5.95. The Balaban J connectivity index is 2.61. The van der Waals surface area contributed by atoms with Crippen molar-refractivity contribution in [2.24, 2.45) is 0 Å². The predicted octanol–water partition coefficient (Wildman–Crippen LogP) is 2.97. The molecule has 1 N–H and O–H groups in total. The van der Waals surface area contributed by atoms with Gasteiger partial charge in [-0.05, 0) is 20.3 Å². The number of ether oxygens (including phenoxy) is 1. The quantitative estimate of drug-likeness (QED) is 0.767. The van der Waals surface area contributed by atoms with Crippen molar-refractivity contribution in [3.63, 3.8) is 0 Å². The number of aliphatic hydroxyl groups excluding tert-OH is 1. The number of nitrogens with zero attached hydrogens (tertiary/aromatic N) is 2. The monoisotopic (exact) mass is 260 g/mol. The van der Waals surface area contributed by atoms with Crippen molar-refractivity contribution in [1.29, 1.82) is 0 Å². The van der Waals surface area contributed by atoms with Crippen LogP contribution in [0.3, 0.4) is 0 Å². The lowest BCUT2D eigenvalue weighted by atomic mass is 10.2. The molecule has 0 bridgehead atoms. The van der Waals surface area contributed by atoms with E-state index in [4.69, 9.17) is 16.3 Å². The van der Waals surface area contributed by atoms with Crippen LogP contribution in [-0.2, 0) is 4.74 Å². The molecule has 0 saturated carbocycles. The fourth-order valence-electron chi connectivity index (χ4n) is 1.65. The van der Waals surface area contributed by atoms with E-state index >= 15 is 0 Å². The molecule has 0 aromatic carbocycles. The number of rotatable bonds is 7. The molecule has 1 heterocycles. The van der Waals surface area contributed by atoms with E-state index < -0.39 is 6.10 Å². The first kappa shape index (κ1) is 14.5. The Morgan fingerprint density at radius 1 is 1.47 bits per heavy atom. The van der Waals surface area contributed by atoms with E-state index in [1.54, 1.807) is 10.9 Å². The van der Waals surface area contributed by atoms with Crippen molar-refractivity contribution in [1.82, 2.24) is 9.78 Å². The molecule has 98 valence electrons. The maximum absolute atomic E-state index is 10.1. The SMILES string of the molecule is CCCOCCC(O)c1c(Cl)cnn1C(C)C. The smallest absolute Gasteiger partial charge is 0.0993 e. The molecular formula is C12H21ClN2O2. The van der Waals surface area contributed by atoms with Gasteiger partial charge in [-0.3, -0.25) is 4.68 Å². The van der Waals surface area contributed by atoms with Gasteiger partial charge in [0, 0.05) is 25.7 Å². The summed E-state index contributed by atoms with van der Waals surface area (Å²) in [6.45, 7) is 7.33. The van der Waals surface area contributed by atoms with Gasteiger partial charge in [-0.15, -0.1) is 0 Å². The highest BCUT2D eigenvalue weighted by atomic mass is 35.5. The second kappa shape index (κ2) is 6.99. The van der Waals surface area contributed by atoms with E-state index in [1.165, 1.54) is 0 Å². The third-order valence-corrected chi connectivity index (χ3v) is 2.77. The van der Waals surface area contributed by atoms with Gasteiger partial charge < -0.3 is 9.84 Å². The van der Waals surface area contributed by atoms with E-state index in [9.17, 15) is 5.11 Å². The fraction of sp³-hybridized carbons (Fsp3) is 0.750. The molecule has 1 atom stereocenters. The zero-order chi connectivity index (χ0) is 12.8. The second-order valence-electron chi connectivity index (χ2n) is 4.33. The summed E-state index contributed by atoms with van der Waals surface area (Å²) in [4.78, 5) is 0. The molecule has 0 aliphatic carbocycles. The average molecular weight is 261 g/mol. The Labute approximate surface area is 108 Å². The standard InChI is InChI=1S/C12H21ClN2O2/c1-4-6-17-7-5-11(16)12-10(13)8-14-15(12)9(2)3/h8-9,11,16H,4-7H2,1-3H3. The van der Waals surface area contributed by atoms with Gasteiger partial charge in [-0.1, -0.05) is 18.5 Å². The molecule has 0 amide bonds. The molecule has 0 radical (unpaired) electrons.